The van der Waals surface area contributed by atoms with Crippen molar-refractivity contribution in [2.24, 2.45) is 11.1 Å². The fourth-order valence-electron chi connectivity index (χ4n) is 2.54. The fraction of sp³-hybridized carbons (Fsp3) is 0.333. The van der Waals surface area contributed by atoms with Crippen molar-refractivity contribution in [1.82, 2.24) is 9.97 Å². The molecule has 0 spiro atoms. The number of hydrogen-bond acceptors (Lipinski definition) is 3. The van der Waals surface area contributed by atoms with Gasteiger partial charge in [-0.25, -0.2) is 4.98 Å². The molecule has 1 fully saturated rings. The van der Waals surface area contributed by atoms with E-state index in [1.165, 1.54) is 0 Å². The van der Waals surface area contributed by atoms with E-state index in [4.69, 9.17) is 5.73 Å². The molecule has 0 atom stereocenters. The maximum atomic E-state index is 12.3. The number of H-pyrrole nitrogens is 1. The lowest BCUT2D eigenvalue weighted by Gasteiger charge is -2.39. The van der Waals surface area contributed by atoms with E-state index in [0.717, 1.165) is 36.2 Å². The number of aromatic amines is 1. The van der Waals surface area contributed by atoms with Gasteiger partial charge in [0.05, 0.1) is 23.6 Å². The zero-order chi connectivity index (χ0) is 14.0. The summed E-state index contributed by atoms with van der Waals surface area (Å²) in [5.74, 6) is 0.0422. The molecule has 1 aliphatic carbocycles. The van der Waals surface area contributed by atoms with Crippen LogP contribution in [0.15, 0.2) is 36.8 Å². The molecule has 0 bridgehead atoms. The Bertz CT molecular complexity index is 579. The Balaban J connectivity index is 1.71. The fourth-order valence-corrected chi connectivity index (χ4v) is 2.54. The van der Waals surface area contributed by atoms with Crippen molar-refractivity contribution in [3.05, 3.63) is 36.8 Å². The van der Waals surface area contributed by atoms with Crippen molar-refractivity contribution in [3.8, 4) is 11.3 Å². The largest absolute Gasteiger partial charge is 0.345 e. The number of carbonyl (C=O) groups is 1. The molecule has 1 aromatic heterocycles. The number of nitrogens with two attached hydrogens (primary N) is 1. The molecule has 104 valence electrons. The Labute approximate surface area is 117 Å². The molecule has 0 unspecified atom stereocenters. The highest BCUT2D eigenvalue weighted by Gasteiger charge is 2.42. The van der Waals surface area contributed by atoms with E-state index in [2.05, 4.69) is 15.3 Å². The first-order chi connectivity index (χ1) is 9.73. The predicted molar refractivity (Wildman–Crippen MR) is 78.0 cm³/mol. The SMILES string of the molecule is NCC1(C(=O)Nc2ccc(-c3cnc[nH]3)cc2)CCC1. The number of amides is 1. The number of benzene rings is 1. The minimum Gasteiger partial charge on any atom is -0.345 e. The third kappa shape index (κ3) is 2.20. The summed E-state index contributed by atoms with van der Waals surface area (Å²) in [7, 11) is 0. The lowest BCUT2D eigenvalue weighted by molar-refractivity contribution is -0.129. The predicted octanol–water partition coefficient (Wildman–Crippen LogP) is 2.14. The van der Waals surface area contributed by atoms with Gasteiger partial charge in [-0.2, -0.15) is 0 Å². The Morgan fingerprint density at radius 2 is 2.10 bits per heavy atom. The highest BCUT2D eigenvalue weighted by atomic mass is 16.2. The Morgan fingerprint density at radius 1 is 1.35 bits per heavy atom. The standard InChI is InChI=1S/C15H18N4O/c16-9-15(6-1-7-15)14(20)19-12-4-2-11(3-5-12)13-8-17-10-18-13/h2-5,8,10H,1,6-7,9,16H2,(H,17,18)(H,19,20). The molecule has 5 nitrogen and oxygen atoms in total. The monoisotopic (exact) mass is 270 g/mol. The number of anilines is 1. The van der Waals surface area contributed by atoms with Crippen LogP contribution in [0, 0.1) is 5.41 Å². The van der Waals surface area contributed by atoms with E-state index < -0.39 is 0 Å². The van der Waals surface area contributed by atoms with Gasteiger partial charge in [-0.3, -0.25) is 4.79 Å². The van der Waals surface area contributed by atoms with Crippen molar-refractivity contribution < 1.29 is 4.79 Å². The van der Waals surface area contributed by atoms with Crippen molar-refractivity contribution in [2.75, 3.05) is 11.9 Å². The Morgan fingerprint density at radius 3 is 2.60 bits per heavy atom. The average Bonchev–Trinajstić information content (AvgIpc) is 2.93. The molecule has 3 rings (SSSR count). The van der Waals surface area contributed by atoms with Crippen LogP contribution in [-0.4, -0.2) is 22.4 Å². The molecule has 1 saturated carbocycles. The summed E-state index contributed by atoms with van der Waals surface area (Å²) in [6, 6.07) is 7.71. The van der Waals surface area contributed by atoms with Crippen LogP contribution in [0.4, 0.5) is 5.69 Å². The lowest BCUT2D eigenvalue weighted by Crippen LogP contribution is -2.47. The zero-order valence-corrected chi connectivity index (χ0v) is 11.2. The molecular formula is C15H18N4O. The third-order valence-corrected chi connectivity index (χ3v) is 4.14. The van der Waals surface area contributed by atoms with E-state index in [9.17, 15) is 4.79 Å². The smallest absolute Gasteiger partial charge is 0.231 e. The average molecular weight is 270 g/mol. The highest BCUT2D eigenvalue weighted by molar-refractivity contribution is 5.96. The number of nitrogens with one attached hydrogen (secondary N) is 2. The van der Waals surface area contributed by atoms with Gasteiger partial charge in [0.1, 0.15) is 0 Å². The molecule has 1 heterocycles. The molecule has 1 aromatic carbocycles. The summed E-state index contributed by atoms with van der Waals surface area (Å²) in [6.45, 7) is 0.422. The van der Waals surface area contributed by atoms with Gasteiger partial charge in [0.25, 0.3) is 0 Å². The second-order valence-corrected chi connectivity index (χ2v) is 5.33. The van der Waals surface area contributed by atoms with Crippen molar-refractivity contribution in [3.63, 3.8) is 0 Å². The van der Waals surface area contributed by atoms with Gasteiger partial charge in [0.2, 0.25) is 5.91 Å². The van der Waals surface area contributed by atoms with Crippen LogP contribution in [0.5, 0.6) is 0 Å². The molecule has 2 aromatic rings. The number of hydrogen-bond donors (Lipinski definition) is 3. The summed E-state index contributed by atoms with van der Waals surface area (Å²) in [5.41, 5.74) is 8.20. The second-order valence-electron chi connectivity index (χ2n) is 5.33. The van der Waals surface area contributed by atoms with Crippen LogP contribution in [0.25, 0.3) is 11.3 Å². The molecule has 0 radical (unpaired) electrons. The van der Waals surface area contributed by atoms with Gasteiger partial charge in [-0.1, -0.05) is 18.6 Å². The van der Waals surface area contributed by atoms with E-state index in [-0.39, 0.29) is 11.3 Å². The maximum absolute atomic E-state index is 12.3. The van der Waals surface area contributed by atoms with Crippen LogP contribution >= 0.6 is 0 Å². The minimum absolute atomic E-state index is 0.0422. The summed E-state index contributed by atoms with van der Waals surface area (Å²) >= 11 is 0. The molecule has 20 heavy (non-hydrogen) atoms. The first-order valence-electron chi connectivity index (χ1n) is 6.84. The van der Waals surface area contributed by atoms with Gasteiger partial charge in [0, 0.05) is 12.2 Å². The topological polar surface area (TPSA) is 83.8 Å². The van der Waals surface area contributed by atoms with Crippen LogP contribution in [-0.2, 0) is 4.79 Å². The van der Waals surface area contributed by atoms with Crippen LogP contribution < -0.4 is 11.1 Å². The van der Waals surface area contributed by atoms with Crippen molar-refractivity contribution >= 4 is 11.6 Å². The first-order valence-corrected chi connectivity index (χ1v) is 6.84. The van der Waals surface area contributed by atoms with Crippen LogP contribution in [0.1, 0.15) is 19.3 Å². The van der Waals surface area contributed by atoms with Gasteiger partial charge in [-0.05, 0) is 30.5 Å². The molecule has 1 amide bonds. The molecule has 1 aliphatic rings. The highest BCUT2D eigenvalue weighted by Crippen LogP contribution is 2.40. The summed E-state index contributed by atoms with van der Waals surface area (Å²) in [4.78, 5) is 19.3. The zero-order valence-electron chi connectivity index (χ0n) is 11.2. The minimum atomic E-state index is -0.345. The number of carbonyl (C=O) groups excluding carboxylic acids is 1. The number of aromatic nitrogens is 2. The summed E-state index contributed by atoms with van der Waals surface area (Å²) in [6.07, 6.45) is 6.28. The summed E-state index contributed by atoms with van der Waals surface area (Å²) < 4.78 is 0. The van der Waals surface area contributed by atoms with E-state index >= 15 is 0 Å². The first kappa shape index (κ1) is 12.9. The second kappa shape index (κ2) is 5.09. The quantitative estimate of drug-likeness (QED) is 0.796. The summed E-state index contributed by atoms with van der Waals surface area (Å²) in [5, 5.41) is 2.96. The van der Waals surface area contributed by atoms with Gasteiger partial charge in [0.15, 0.2) is 0 Å². The lowest BCUT2D eigenvalue weighted by atomic mass is 9.68. The normalized spacial score (nSPS) is 16.4. The van der Waals surface area contributed by atoms with E-state index in [1.807, 2.05) is 24.3 Å². The van der Waals surface area contributed by atoms with Crippen molar-refractivity contribution in [1.29, 1.82) is 0 Å². The molecule has 0 saturated heterocycles. The number of imidazole rings is 1. The molecule has 5 heteroatoms. The van der Waals surface area contributed by atoms with Crippen LogP contribution in [0.2, 0.25) is 0 Å². The van der Waals surface area contributed by atoms with Crippen LogP contribution in [0.3, 0.4) is 0 Å². The molecular weight excluding hydrogens is 252 g/mol. The van der Waals surface area contributed by atoms with Crippen molar-refractivity contribution in [2.45, 2.75) is 19.3 Å². The van der Waals surface area contributed by atoms with Gasteiger partial charge in [-0.15, -0.1) is 0 Å². The number of rotatable bonds is 4. The Kier molecular flexibility index (Phi) is 3.28. The Hall–Kier alpha value is -2.14. The van der Waals surface area contributed by atoms with Gasteiger partial charge < -0.3 is 16.0 Å². The van der Waals surface area contributed by atoms with Gasteiger partial charge >= 0.3 is 0 Å². The van der Waals surface area contributed by atoms with E-state index in [1.54, 1.807) is 12.5 Å². The third-order valence-electron chi connectivity index (χ3n) is 4.14. The molecule has 4 N–H and O–H groups in total. The maximum Gasteiger partial charge on any atom is 0.231 e. The van der Waals surface area contributed by atoms with E-state index in [0.29, 0.717) is 6.54 Å². The molecule has 0 aliphatic heterocycles. The number of nitrogens with zero attached hydrogens (tertiary/aromatic N) is 1.